The Balaban J connectivity index is 1.64. The van der Waals surface area contributed by atoms with Crippen molar-refractivity contribution in [3.63, 3.8) is 0 Å². The molecule has 0 saturated carbocycles. The number of fused-ring (bicyclic) bond motifs is 1. The van der Waals surface area contributed by atoms with E-state index in [0.717, 1.165) is 25.1 Å². The van der Waals surface area contributed by atoms with Gasteiger partial charge >= 0.3 is 0 Å². The molecular formula is C12H15ClN6. The molecule has 0 radical (unpaired) electrons. The summed E-state index contributed by atoms with van der Waals surface area (Å²) in [4.78, 5) is 10.7. The smallest absolute Gasteiger partial charge is 0.191 e. The summed E-state index contributed by atoms with van der Waals surface area (Å²) in [6.45, 7) is 2.70. The van der Waals surface area contributed by atoms with Crippen molar-refractivity contribution < 1.29 is 0 Å². The average Bonchev–Trinajstić information content (AvgIpc) is 2.69. The van der Waals surface area contributed by atoms with E-state index in [0.29, 0.717) is 23.2 Å². The number of likely N-dealkylation sites (tertiary alicyclic amines) is 1. The lowest BCUT2D eigenvalue weighted by Crippen LogP contribution is -2.46. The van der Waals surface area contributed by atoms with Crippen molar-refractivity contribution in [2.45, 2.75) is 12.8 Å². The number of hydrogen-bond donors (Lipinski definition) is 1. The van der Waals surface area contributed by atoms with Crippen molar-refractivity contribution in [3.05, 3.63) is 29.2 Å². The van der Waals surface area contributed by atoms with Gasteiger partial charge in [0.15, 0.2) is 11.6 Å². The fourth-order valence-corrected chi connectivity index (χ4v) is 2.14. The minimum absolute atomic E-state index is 0.562. The Kier molecular flexibility index (Phi) is 3.25. The van der Waals surface area contributed by atoms with Crippen LogP contribution in [0.25, 0.3) is 5.65 Å². The lowest BCUT2D eigenvalue weighted by atomic mass is 10.2. The van der Waals surface area contributed by atoms with Crippen LogP contribution in [-0.4, -0.2) is 45.1 Å². The molecule has 1 aliphatic rings. The normalized spacial score (nSPS) is 15.8. The Labute approximate surface area is 115 Å². The van der Waals surface area contributed by atoms with Gasteiger partial charge in [-0.2, -0.15) is 5.10 Å². The van der Waals surface area contributed by atoms with Crippen LogP contribution in [0.3, 0.4) is 0 Å². The number of halogens is 1. The first kappa shape index (κ1) is 12.2. The van der Waals surface area contributed by atoms with Crippen LogP contribution in [0.4, 0.5) is 0 Å². The molecule has 0 unspecified atom stereocenters. The zero-order chi connectivity index (χ0) is 13.2. The van der Waals surface area contributed by atoms with E-state index in [1.165, 1.54) is 6.42 Å². The predicted octanol–water partition coefficient (Wildman–Crippen LogP) is 0.946. The van der Waals surface area contributed by atoms with E-state index < -0.39 is 0 Å². The maximum absolute atomic E-state index is 5.94. The summed E-state index contributed by atoms with van der Waals surface area (Å²) < 4.78 is 1.68. The van der Waals surface area contributed by atoms with Crippen molar-refractivity contribution in [2.75, 3.05) is 19.6 Å². The highest BCUT2D eigenvalue weighted by atomic mass is 35.5. The molecule has 1 saturated heterocycles. The van der Waals surface area contributed by atoms with Crippen LogP contribution >= 0.6 is 11.6 Å². The molecule has 7 heteroatoms. The van der Waals surface area contributed by atoms with E-state index in [4.69, 9.17) is 17.3 Å². The Hall–Kier alpha value is -1.82. The molecule has 0 spiro atoms. The lowest BCUT2D eigenvalue weighted by molar-refractivity contribution is 0.296. The number of rotatable bonds is 3. The van der Waals surface area contributed by atoms with E-state index >= 15 is 0 Å². The fraction of sp³-hybridized carbons (Fsp3) is 0.417. The number of nitrogens with zero attached hydrogens (tertiary/aromatic N) is 5. The molecule has 0 atom stereocenters. The van der Waals surface area contributed by atoms with E-state index in [1.54, 1.807) is 16.9 Å². The lowest BCUT2D eigenvalue weighted by Gasteiger charge is -2.31. The third kappa shape index (κ3) is 2.49. The third-order valence-corrected chi connectivity index (χ3v) is 3.49. The van der Waals surface area contributed by atoms with Gasteiger partial charge in [-0.25, -0.2) is 9.50 Å². The van der Waals surface area contributed by atoms with Gasteiger partial charge < -0.3 is 10.6 Å². The topological polar surface area (TPSA) is 71.8 Å². The summed E-state index contributed by atoms with van der Waals surface area (Å²) in [6, 6.07) is 0. The van der Waals surface area contributed by atoms with Gasteiger partial charge in [0.25, 0.3) is 0 Å². The first-order chi connectivity index (χ1) is 9.24. The third-order valence-electron chi connectivity index (χ3n) is 3.22. The van der Waals surface area contributed by atoms with Crippen molar-refractivity contribution >= 4 is 23.2 Å². The molecule has 0 bridgehead atoms. The molecule has 2 aromatic rings. The van der Waals surface area contributed by atoms with E-state index in [2.05, 4.69) is 20.0 Å². The van der Waals surface area contributed by atoms with Crippen LogP contribution in [0.15, 0.2) is 23.6 Å². The number of aliphatic imine (C=N–C) groups is 1. The van der Waals surface area contributed by atoms with Gasteiger partial charge in [0.05, 0.1) is 6.20 Å². The molecule has 100 valence electrons. The summed E-state index contributed by atoms with van der Waals surface area (Å²) >= 11 is 5.94. The Morgan fingerprint density at radius 1 is 1.42 bits per heavy atom. The highest BCUT2D eigenvalue weighted by Crippen LogP contribution is 2.14. The quantitative estimate of drug-likeness (QED) is 0.670. The first-order valence-corrected chi connectivity index (χ1v) is 6.64. The summed E-state index contributed by atoms with van der Waals surface area (Å²) in [5.74, 6) is 0.641. The summed E-state index contributed by atoms with van der Waals surface area (Å²) in [7, 11) is 0. The van der Waals surface area contributed by atoms with Crippen LogP contribution < -0.4 is 5.73 Å². The van der Waals surface area contributed by atoms with Gasteiger partial charge in [0.2, 0.25) is 0 Å². The molecular weight excluding hydrogens is 264 g/mol. The largest absolute Gasteiger partial charge is 0.370 e. The zero-order valence-electron chi connectivity index (χ0n) is 10.5. The number of guanidine groups is 1. The first-order valence-electron chi connectivity index (χ1n) is 6.26. The van der Waals surface area contributed by atoms with Gasteiger partial charge in [0, 0.05) is 32.0 Å². The van der Waals surface area contributed by atoms with Crippen molar-refractivity contribution in [1.82, 2.24) is 19.5 Å². The van der Waals surface area contributed by atoms with Crippen LogP contribution in [0, 0.1) is 0 Å². The average molecular weight is 279 g/mol. The molecule has 3 heterocycles. The van der Waals surface area contributed by atoms with Crippen molar-refractivity contribution in [1.29, 1.82) is 0 Å². The zero-order valence-corrected chi connectivity index (χ0v) is 11.2. The highest BCUT2D eigenvalue weighted by molar-refractivity contribution is 6.33. The van der Waals surface area contributed by atoms with Crippen molar-refractivity contribution in [2.24, 2.45) is 10.7 Å². The molecule has 6 nitrogen and oxygen atoms in total. The Bertz CT molecular complexity index is 616. The molecule has 3 rings (SSSR count). The van der Waals surface area contributed by atoms with Gasteiger partial charge in [-0.15, -0.1) is 0 Å². The Morgan fingerprint density at radius 3 is 3.00 bits per heavy atom. The van der Waals surface area contributed by atoms with E-state index in [1.807, 2.05) is 6.20 Å². The molecule has 1 fully saturated rings. The molecule has 0 aliphatic carbocycles. The van der Waals surface area contributed by atoms with E-state index in [-0.39, 0.29) is 0 Å². The van der Waals surface area contributed by atoms with Crippen LogP contribution in [0.5, 0.6) is 0 Å². The summed E-state index contributed by atoms with van der Waals surface area (Å²) in [6.07, 6.45) is 7.31. The second-order valence-corrected chi connectivity index (χ2v) is 4.96. The number of nitrogens with two attached hydrogens (primary N) is 1. The summed E-state index contributed by atoms with van der Waals surface area (Å²) in [5.41, 5.74) is 7.60. The van der Waals surface area contributed by atoms with E-state index in [9.17, 15) is 0 Å². The van der Waals surface area contributed by atoms with Crippen LogP contribution in [0.2, 0.25) is 5.02 Å². The monoisotopic (exact) mass is 278 g/mol. The van der Waals surface area contributed by atoms with Crippen LogP contribution in [0.1, 0.15) is 12.0 Å². The maximum Gasteiger partial charge on any atom is 0.191 e. The standard InChI is InChI=1S/C12H15ClN6/c13-10-7-17-19-8-9(6-16-11(10)19)2-3-15-12(14)18-4-1-5-18/h6-8H,1-5H2,(H2,14,15). The molecule has 2 N–H and O–H groups in total. The molecule has 0 aromatic carbocycles. The minimum atomic E-state index is 0.562. The highest BCUT2D eigenvalue weighted by Gasteiger charge is 2.15. The Morgan fingerprint density at radius 2 is 2.26 bits per heavy atom. The SMILES string of the molecule is NC(=NCCc1cnc2c(Cl)cnn2c1)N1CCC1. The predicted molar refractivity (Wildman–Crippen MR) is 74.4 cm³/mol. The van der Waals surface area contributed by atoms with Gasteiger partial charge in [-0.05, 0) is 18.4 Å². The molecule has 19 heavy (non-hydrogen) atoms. The van der Waals surface area contributed by atoms with Crippen LogP contribution in [-0.2, 0) is 6.42 Å². The number of aromatic nitrogens is 3. The fourth-order valence-electron chi connectivity index (χ4n) is 1.96. The van der Waals surface area contributed by atoms with Gasteiger partial charge in [0.1, 0.15) is 5.02 Å². The van der Waals surface area contributed by atoms with Gasteiger partial charge in [-0.3, -0.25) is 4.99 Å². The number of hydrogen-bond acceptors (Lipinski definition) is 3. The molecule has 1 aliphatic heterocycles. The summed E-state index contributed by atoms with van der Waals surface area (Å²) in [5, 5.41) is 4.69. The van der Waals surface area contributed by atoms with Gasteiger partial charge in [-0.1, -0.05) is 11.6 Å². The van der Waals surface area contributed by atoms with Crippen molar-refractivity contribution in [3.8, 4) is 0 Å². The second-order valence-electron chi connectivity index (χ2n) is 4.55. The second kappa shape index (κ2) is 5.05. The maximum atomic E-state index is 5.94. The molecule has 2 aromatic heterocycles. The minimum Gasteiger partial charge on any atom is -0.370 e. The molecule has 0 amide bonds.